The van der Waals surface area contributed by atoms with Crippen LogP contribution < -0.4 is 4.74 Å². The van der Waals surface area contributed by atoms with Crippen molar-refractivity contribution in [2.75, 3.05) is 6.26 Å². The van der Waals surface area contributed by atoms with E-state index in [4.69, 9.17) is 16.3 Å². The third-order valence-corrected chi connectivity index (χ3v) is 2.35. The van der Waals surface area contributed by atoms with Gasteiger partial charge in [-0.05, 0) is 6.26 Å². The highest BCUT2D eigenvalue weighted by Gasteiger charge is 2.07. The number of rotatable bonds is 3. The van der Waals surface area contributed by atoms with Gasteiger partial charge in [-0.15, -0.1) is 5.10 Å². The summed E-state index contributed by atoms with van der Waals surface area (Å²) >= 11 is 7.19. The van der Waals surface area contributed by atoms with Crippen LogP contribution >= 0.6 is 23.4 Å². The summed E-state index contributed by atoms with van der Waals surface area (Å²) in [6.07, 6.45) is 3.39. The smallest absolute Gasteiger partial charge is 0.342 e. The molecule has 0 aliphatic carbocycles. The highest BCUT2D eigenvalue weighted by Crippen LogP contribution is 2.21. The van der Waals surface area contributed by atoms with Crippen molar-refractivity contribution < 1.29 is 4.74 Å². The fraction of sp³-hybridized carbons (Fsp3) is 0.250. The van der Waals surface area contributed by atoms with Crippen LogP contribution in [0, 0.1) is 0 Å². The molecule has 2 aromatic heterocycles. The van der Waals surface area contributed by atoms with Crippen LogP contribution in [0.25, 0.3) is 0 Å². The van der Waals surface area contributed by atoms with Crippen LogP contribution in [0.4, 0.5) is 0 Å². The van der Waals surface area contributed by atoms with E-state index in [1.54, 1.807) is 7.05 Å². The zero-order chi connectivity index (χ0) is 11.5. The molecule has 2 rings (SSSR count). The third-order valence-electron chi connectivity index (χ3n) is 1.61. The quantitative estimate of drug-likeness (QED) is 0.474. The van der Waals surface area contributed by atoms with Crippen LogP contribution in [-0.2, 0) is 7.05 Å². The normalized spacial score (nSPS) is 10.4. The van der Waals surface area contributed by atoms with Crippen molar-refractivity contribution in [1.82, 2.24) is 24.7 Å². The summed E-state index contributed by atoms with van der Waals surface area (Å²) in [6, 6.07) is 1.74. The molecule has 0 saturated carbocycles. The lowest BCUT2D eigenvalue weighted by molar-refractivity contribution is 0.417. The third kappa shape index (κ3) is 2.61. The van der Waals surface area contributed by atoms with Gasteiger partial charge in [0.2, 0.25) is 5.88 Å². The predicted molar refractivity (Wildman–Crippen MR) is 59.9 cm³/mol. The van der Waals surface area contributed by atoms with Crippen LogP contribution in [0.1, 0.15) is 0 Å². The molecule has 0 N–H and O–H groups in total. The van der Waals surface area contributed by atoms with Gasteiger partial charge < -0.3 is 4.74 Å². The molecule has 0 unspecified atom stereocenters. The van der Waals surface area contributed by atoms with Crippen molar-refractivity contribution in [3.63, 3.8) is 0 Å². The average molecular weight is 258 g/mol. The standard InChI is InChI=1S/C8H8ClN5OS/c1-14-4-10-7(13-14)15-6-3-5(9)11-8(12-6)16-2/h3-4H,1-2H3. The molecule has 16 heavy (non-hydrogen) atoms. The summed E-state index contributed by atoms with van der Waals surface area (Å²) in [5.74, 6) is 0.329. The van der Waals surface area contributed by atoms with Crippen molar-refractivity contribution >= 4 is 23.4 Å². The summed E-state index contributed by atoms with van der Waals surface area (Å²) in [4.78, 5) is 12.0. The van der Waals surface area contributed by atoms with Crippen molar-refractivity contribution in [2.45, 2.75) is 5.16 Å². The number of hydrogen-bond acceptors (Lipinski definition) is 6. The van der Waals surface area contributed by atoms with Crippen molar-refractivity contribution in [2.24, 2.45) is 7.05 Å². The molecule has 8 heteroatoms. The molecule has 0 aliphatic rings. The Balaban J connectivity index is 2.24. The molecule has 6 nitrogen and oxygen atoms in total. The molecule has 84 valence electrons. The second-order valence-electron chi connectivity index (χ2n) is 2.82. The predicted octanol–water partition coefficient (Wildman–Crippen LogP) is 1.77. The molecular weight excluding hydrogens is 250 g/mol. The maximum absolute atomic E-state index is 5.81. The fourth-order valence-corrected chi connectivity index (χ4v) is 1.57. The van der Waals surface area contributed by atoms with Crippen LogP contribution in [0.15, 0.2) is 17.6 Å². The Kier molecular flexibility index (Phi) is 3.25. The van der Waals surface area contributed by atoms with E-state index >= 15 is 0 Å². The molecule has 0 radical (unpaired) electrons. The SMILES string of the molecule is CSc1nc(Cl)cc(Oc2ncn(C)n2)n1. The minimum atomic E-state index is 0.226. The van der Waals surface area contributed by atoms with E-state index in [1.807, 2.05) is 6.26 Å². The minimum Gasteiger partial charge on any atom is -0.404 e. The second-order valence-corrected chi connectivity index (χ2v) is 3.98. The van der Waals surface area contributed by atoms with Gasteiger partial charge in [0, 0.05) is 13.1 Å². The van der Waals surface area contributed by atoms with Gasteiger partial charge in [0.1, 0.15) is 11.5 Å². The highest BCUT2D eigenvalue weighted by atomic mass is 35.5. The number of halogens is 1. The van der Waals surface area contributed by atoms with Gasteiger partial charge >= 0.3 is 6.01 Å². The van der Waals surface area contributed by atoms with Gasteiger partial charge in [-0.2, -0.15) is 9.97 Å². The zero-order valence-corrected chi connectivity index (χ0v) is 10.2. The number of aromatic nitrogens is 5. The summed E-state index contributed by atoms with van der Waals surface area (Å²) in [5, 5.41) is 4.83. The van der Waals surface area contributed by atoms with Gasteiger partial charge in [-0.1, -0.05) is 23.4 Å². The Morgan fingerprint density at radius 2 is 2.25 bits per heavy atom. The summed E-state index contributed by atoms with van der Waals surface area (Å²) < 4.78 is 6.87. The van der Waals surface area contributed by atoms with E-state index in [0.29, 0.717) is 16.2 Å². The van der Waals surface area contributed by atoms with E-state index in [9.17, 15) is 0 Å². The van der Waals surface area contributed by atoms with Crippen LogP contribution in [0.3, 0.4) is 0 Å². The molecular formula is C8H8ClN5OS. The Bertz CT molecular complexity index is 503. The first-order chi connectivity index (χ1) is 7.67. The number of ether oxygens (including phenoxy) is 1. The molecule has 0 aliphatic heterocycles. The molecule has 0 fully saturated rings. The average Bonchev–Trinajstić information content (AvgIpc) is 2.63. The number of aryl methyl sites for hydroxylation is 1. The lowest BCUT2D eigenvalue weighted by Crippen LogP contribution is -1.94. The first-order valence-electron chi connectivity index (χ1n) is 4.29. The Morgan fingerprint density at radius 1 is 1.44 bits per heavy atom. The maximum atomic E-state index is 5.81. The van der Waals surface area contributed by atoms with E-state index < -0.39 is 0 Å². The van der Waals surface area contributed by atoms with Gasteiger partial charge in [0.25, 0.3) is 0 Å². The Morgan fingerprint density at radius 3 is 2.88 bits per heavy atom. The Labute approximate surface area is 101 Å². The first kappa shape index (κ1) is 11.2. The number of hydrogen-bond donors (Lipinski definition) is 0. The van der Waals surface area contributed by atoms with Crippen molar-refractivity contribution in [3.05, 3.63) is 17.5 Å². The molecule has 2 heterocycles. The molecule has 0 bridgehead atoms. The fourth-order valence-electron chi connectivity index (χ4n) is 0.980. The minimum absolute atomic E-state index is 0.226. The van der Waals surface area contributed by atoms with Crippen molar-refractivity contribution in [1.29, 1.82) is 0 Å². The highest BCUT2D eigenvalue weighted by molar-refractivity contribution is 7.98. The van der Waals surface area contributed by atoms with Gasteiger partial charge in [-0.25, -0.2) is 4.98 Å². The summed E-state index contributed by atoms with van der Waals surface area (Å²) in [7, 11) is 1.75. The first-order valence-corrected chi connectivity index (χ1v) is 5.89. The topological polar surface area (TPSA) is 65.7 Å². The van der Waals surface area contributed by atoms with E-state index in [-0.39, 0.29) is 6.01 Å². The summed E-state index contributed by atoms with van der Waals surface area (Å²) in [6.45, 7) is 0. The maximum Gasteiger partial charge on any atom is 0.342 e. The molecule has 2 aromatic rings. The lowest BCUT2D eigenvalue weighted by Gasteiger charge is -2.01. The molecule has 0 atom stereocenters. The monoisotopic (exact) mass is 257 g/mol. The molecule has 0 spiro atoms. The Hall–Kier alpha value is -1.34. The number of nitrogens with zero attached hydrogens (tertiary/aromatic N) is 5. The van der Waals surface area contributed by atoms with Crippen LogP contribution in [0.2, 0.25) is 5.15 Å². The van der Waals surface area contributed by atoms with Crippen LogP contribution in [-0.4, -0.2) is 31.0 Å². The largest absolute Gasteiger partial charge is 0.404 e. The molecule has 0 amide bonds. The molecule has 0 saturated heterocycles. The van der Waals surface area contributed by atoms with Gasteiger partial charge in [-0.3, -0.25) is 4.68 Å². The lowest BCUT2D eigenvalue weighted by atomic mass is 10.6. The molecule has 0 aromatic carbocycles. The van der Waals surface area contributed by atoms with Gasteiger partial charge in [0.05, 0.1) is 0 Å². The van der Waals surface area contributed by atoms with Gasteiger partial charge in [0.15, 0.2) is 5.16 Å². The van der Waals surface area contributed by atoms with Crippen molar-refractivity contribution in [3.8, 4) is 11.9 Å². The van der Waals surface area contributed by atoms with E-state index in [2.05, 4.69) is 20.1 Å². The second kappa shape index (κ2) is 4.67. The van der Waals surface area contributed by atoms with Crippen LogP contribution in [0.5, 0.6) is 11.9 Å². The number of thioether (sulfide) groups is 1. The van der Waals surface area contributed by atoms with E-state index in [1.165, 1.54) is 28.8 Å². The van der Waals surface area contributed by atoms with E-state index in [0.717, 1.165) is 0 Å². The summed E-state index contributed by atoms with van der Waals surface area (Å²) in [5.41, 5.74) is 0. The zero-order valence-electron chi connectivity index (χ0n) is 8.59.